The predicted octanol–water partition coefficient (Wildman–Crippen LogP) is 0.444. The third kappa shape index (κ3) is 0.958. The molecule has 0 radical (unpaired) electrons. The van der Waals surface area contributed by atoms with Gasteiger partial charge < -0.3 is 4.90 Å². The Balaban J connectivity index is 2.21. The highest BCUT2D eigenvalue weighted by atomic mass is 16.2. The second-order valence-corrected chi connectivity index (χ2v) is 3.79. The Morgan fingerprint density at radius 1 is 1.33 bits per heavy atom. The van der Waals surface area contributed by atoms with Gasteiger partial charge in [-0.3, -0.25) is 9.59 Å². The number of likely N-dealkylation sites (tertiary alicyclic amines) is 1. The number of rotatable bonds is 0. The number of fused-ring (bicyclic) bond motifs is 1. The monoisotopic (exact) mass is 167 g/mol. The number of hydrogen-bond acceptors (Lipinski definition) is 2. The van der Waals surface area contributed by atoms with Gasteiger partial charge in [0.05, 0.1) is 0 Å². The van der Waals surface area contributed by atoms with E-state index in [-0.39, 0.29) is 17.7 Å². The number of nitrogens with zero attached hydrogens (tertiary/aromatic N) is 1. The van der Waals surface area contributed by atoms with Crippen LogP contribution in [0.3, 0.4) is 0 Å². The maximum atomic E-state index is 11.5. The van der Waals surface area contributed by atoms with Gasteiger partial charge in [-0.1, -0.05) is 0 Å². The number of carbonyl (C=O) groups is 2. The third-order valence-corrected chi connectivity index (χ3v) is 3.00. The van der Waals surface area contributed by atoms with Crippen molar-refractivity contribution in [1.82, 2.24) is 4.90 Å². The quantitative estimate of drug-likeness (QED) is 0.525. The first-order valence-electron chi connectivity index (χ1n) is 4.48. The molecule has 66 valence electrons. The highest BCUT2D eigenvalue weighted by molar-refractivity contribution is 5.93. The van der Waals surface area contributed by atoms with Crippen LogP contribution in [0.2, 0.25) is 0 Å². The SMILES string of the molecule is CN1C[C@H]2C(=O)CCC[C@H]2C1=O. The van der Waals surface area contributed by atoms with Crippen LogP contribution in [0.5, 0.6) is 0 Å². The Bertz CT molecular complexity index is 237. The fraction of sp³-hybridized carbons (Fsp3) is 0.778. The van der Waals surface area contributed by atoms with E-state index in [2.05, 4.69) is 0 Å². The van der Waals surface area contributed by atoms with E-state index in [0.29, 0.717) is 18.7 Å². The molecular weight excluding hydrogens is 154 g/mol. The molecule has 0 spiro atoms. The Hall–Kier alpha value is -0.860. The molecule has 1 heterocycles. The molecule has 0 aromatic heterocycles. The number of Topliss-reactive ketones (excluding diaryl/α,β-unsaturated/α-hetero) is 1. The van der Waals surface area contributed by atoms with Crippen LogP contribution in [0.25, 0.3) is 0 Å². The van der Waals surface area contributed by atoms with Crippen LogP contribution in [0.1, 0.15) is 19.3 Å². The molecule has 1 aliphatic heterocycles. The van der Waals surface area contributed by atoms with Gasteiger partial charge in [-0.2, -0.15) is 0 Å². The van der Waals surface area contributed by atoms with Gasteiger partial charge in [-0.05, 0) is 12.8 Å². The van der Waals surface area contributed by atoms with Crippen LogP contribution in [0, 0.1) is 11.8 Å². The summed E-state index contributed by atoms with van der Waals surface area (Å²) in [7, 11) is 1.79. The molecule has 3 nitrogen and oxygen atoms in total. The lowest BCUT2D eigenvalue weighted by atomic mass is 9.80. The molecule has 2 rings (SSSR count). The summed E-state index contributed by atoms with van der Waals surface area (Å²) in [6, 6.07) is 0. The van der Waals surface area contributed by atoms with Crippen molar-refractivity contribution in [2.24, 2.45) is 11.8 Å². The van der Waals surface area contributed by atoms with Gasteiger partial charge in [-0.25, -0.2) is 0 Å². The molecule has 1 saturated heterocycles. The average molecular weight is 167 g/mol. The zero-order valence-corrected chi connectivity index (χ0v) is 7.25. The summed E-state index contributed by atoms with van der Waals surface area (Å²) in [5.74, 6) is 0.518. The lowest BCUT2D eigenvalue weighted by Crippen LogP contribution is -2.28. The summed E-state index contributed by atoms with van der Waals surface area (Å²) in [6.45, 7) is 0.655. The van der Waals surface area contributed by atoms with E-state index < -0.39 is 0 Å². The van der Waals surface area contributed by atoms with E-state index in [0.717, 1.165) is 12.8 Å². The zero-order chi connectivity index (χ0) is 8.72. The van der Waals surface area contributed by atoms with Crippen LogP contribution >= 0.6 is 0 Å². The number of ketones is 1. The number of carbonyl (C=O) groups excluding carboxylic acids is 2. The van der Waals surface area contributed by atoms with Crippen molar-refractivity contribution in [2.45, 2.75) is 19.3 Å². The Morgan fingerprint density at radius 3 is 2.75 bits per heavy atom. The molecule has 2 fully saturated rings. The standard InChI is InChI=1S/C9H13NO2/c1-10-5-7-6(9(10)12)3-2-4-8(7)11/h6-7H,2-5H2,1H3/t6-,7-/m1/s1. The number of hydrogen-bond donors (Lipinski definition) is 0. The van der Waals surface area contributed by atoms with Gasteiger partial charge in [-0.15, -0.1) is 0 Å². The first-order chi connectivity index (χ1) is 5.70. The van der Waals surface area contributed by atoms with Crippen molar-refractivity contribution in [2.75, 3.05) is 13.6 Å². The van der Waals surface area contributed by atoms with Crippen LogP contribution in [-0.2, 0) is 9.59 Å². The summed E-state index contributed by atoms with van der Waals surface area (Å²) in [5.41, 5.74) is 0. The van der Waals surface area contributed by atoms with Gasteiger partial charge in [0.25, 0.3) is 0 Å². The Labute approximate surface area is 71.7 Å². The summed E-state index contributed by atoms with van der Waals surface area (Å²) in [5, 5.41) is 0. The van der Waals surface area contributed by atoms with Crippen LogP contribution < -0.4 is 0 Å². The maximum Gasteiger partial charge on any atom is 0.226 e. The largest absolute Gasteiger partial charge is 0.345 e. The second-order valence-electron chi connectivity index (χ2n) is 3.79. The topological polar surface area (TPSA) is 37.4 Å². The Kier molecular flexibility index (Phi) is 1.67. The molecular formula is C9H13NO2. The lowest BCUT2D eigenvalue weighted by Gasteiger charge is -2.20. The molecule has 0 aromatic carbocycles. The zero-order valence-electron chi connectivity index (χ0n) is 7.25. The minimum atomic E-state index is 0.0243. The normalized spacial score (nSPS) is 35.6. The van der Waals surface area contributed by atoms with Gasteiger partial charge in [0.1, 0.15) is 5.78 Å². The molecule has 0 bridgehead atoms. The van der Waals surface area contributed by atoms with Crippen LogP contribution in [0.15, 0.2) is 0 Å². The molecule has 0 N–H and O–H groups in total. The van der Waals surface area contributed by atoms with E-state index in [1.807, 2.05) is 0 Å². The van der Waals surface area contributed by atoms with Crippen molar-refractivity contribution in [3.8, 4) is 0 Å². The van der Waals surface area contributed by atoms with Crippen molar-refractivity contribution >= 4 is 11.7 Å². The molecule has 0 unspecified atom stereocenters. The lowest BCUT2D eigenvalue weighted by molar-refractivity contribution is -0.133. The van der Waals surface area contributed by atoms with Crippen LogP contribution in [0.4, 0.5) is 0 Å². The highest BCUT2D eigenvalue weighted by Crippen LogP contribution is 2.33. The van der Waals surface area contributed by atoms with E-state index >= 15 is 0 Å². The van der Waals surface area contributed by atoms with Crippen molar-refractivity contribution in [1.29, 1.82) is 0 Å². The van der Waals surface area contributed by atoms with Crippen molar-refractivity contribution < 1.29 is 9.59 Å². The summed E-state index contributed by atoms with van der Waals surface area (Å²) < 4.78 is 0. The fourth-order valence-electron chi connectivity index (χ4n) is 2.30. The molecule has 1 aliphatic carbocycles. The van der Waals surface area contributed by atoms with Gasteiger partial charge in [0.15, 0.2) is 0 Å². The molecule has 2 atom stereocenters. The molecule has 3 heteroatoms. The summed E-state index contributed by atoms with van der Waals surface area (Å²) in [4.78, 5) is 24.5. The van der Waals surface area contributed by atoms with Crippen molar-refractivity contribution in [3.05, 3.63) is 0 Å². The minimum Gasteiger partial charge on any atom is -0.345 e. The van der Waals surface area contributed by atoms with Gasteiger partial charge in [0, 0.05) is 31.8 Å². The fourth-order valence-corrected chi connectivity index (χ4v) is 2.30. The van der Waals surface area contributed by atoms with Crippen LogP contribution in [-0.4, -0.2) is 30.2 Å². The average Bonchev–Trinajstić information content (AvgIpc) is 2.32. The van der Waals surface area contributed by atoms with E-state index in [1.54, 1.807) is 11.9 Å². The van der Waals surface area contributed by atoms with Crippen molar-refractivity contribution in [3.63, 3.8) is 0 Å². The van der Waals surface area contributed by atoms with Gasteiger partial charge >= 0.3 is 0 Å². The molecule has 2 aliphatic rings. The minimum absolute atomic E-state index is 0.0243. The van der Waals surface area contributed by atoms with E-state index in [4.69, 9.17) is 0 Å². The van der Waals surface area contributed by atoms with E-state index in [1.165, 1.54) is 0 Å². The summed E-state index contributed by atoms with van der Waals surface area (Å²) in [6.07, 6.45) is 2.50. The smallest absolute Gasteiger partial charge is 0.226 e. The molecule has 1 saturated carbocycles. The first-order valence-corrected chi connectivity index (χ1v) is 4.48. The number of amides is 1. The molecule has 12 heavy (non-hydrogen) atoms. The third-order valence-electron chi connectivity index (χ3n) is 3.00. The Morgan fingerprint density at radius 2 is 2.08 bits per heavy atom. The van der Waals surface area contributed by atoms with Gasteiger partial charge in [0.2, 0.25) is 5.91 Å². The maximum absolute atomic E-state index is 11.5. The summed E-state index contributed by atoms with van der Waals surface area (Å²) >= 11 is 0. The second kappa shape index (κ2) is 2.57. The first kappa shape index (κ1) is 7.77. The predicted molar refractivity (Wildman–Crippen MR) is 43.5 cm³/mol. The van der Waals surface area contributed by atoms with E-state index in [9.17, 15) is 9.59 Å². The molecule has 1 amide bonds. The molecule has 0 aromatic rings. The highest BCUT2D eigenvalue weighted by Gasteiger charge is 2.43.